The van der Waals surface area contributed by atoms with Crippen molar-refractivity contribution in [2.75, 3.05) is 10.2 Å². The molecule has 149 heavy (non-hydrogen) atoms. The van der Waals surface area contributed by atoms with Gasteiger partial charge >= 0.3 is 0 Å². The Labute approximate surface area is 924 Å². The Hall–Kier alpha value is -10.1. The van der Waals surface area contributed by atoms with Crippen LogP contribution in [0.15, 0.2) is 373 Å². The second kappa shape index (κ2) is 46.8. The SMILES string of the molecule is Clc1cccc2c1sc1c3ccccc3n(-c3ccccc3)c21.[B]B([B])B([B])B(B(B([B])[B])B([B])[B])B(B(B(B([B])[B])B([B])[B])B(B([B])[B])B([B])[B])B(B(B([B])[B])B([B])[B])B(B([B])[B])B([B])[B].c1ccc(-n2c3ccccc3c3sc4c(N(c5ccc(-c6cccc7ccccc67)cc5)c5ccc6c(c5)oc5ccccc56)cccc4c32)cc1.c1ccc2c(-c3ccc(Nc4ccc5c(c4)oc4ccccc45)cc3)cccc2c1. The number of thiophene rings is 2. The van der Waals surface area contributed by atoms with E-state index in [1.54, 1.807) is 11.3 Å². The zero-order chi connectivity index (χ0) is 105. The van der Waals surface area contributed by atoms with E-state index >= 15 is 0 Å². The first-order valence-corrected chi connectivity index (χ1v) is 51.6. The molecule has 1 N–H and O–H groups in total. The molecule has 6 heterocycles. The molecule has 53 heteroatoms. The van der Waals surface area contributed by atoms with Crippen molar-refractivity contribution in [3.8, 4) is 33.6 Å². The van der Waals surface area contributed by atoms with Crippen molar-refractivity contribution in [3.63, 3.8) is 0 Å². The van der Waals surface area contributed by atoms with E-state index in [0.29, 0.717) is 0 Å². The van der Waals surface area contributed by atoms with E-state index in [2.05, 4.69) is 341 Å². The summed E-state index contributed by atoms with van der Waals surface area (Å²) in [6.45, 7) is 0. The third-order valence-electron chi connectivity index (χ3n) is 29.2. The molecule has 46 radical (unpaired) electrons. The molecule has 6 nitrogen and oxygen atoms in total. The molecule has 0 unspecified atom stereocenters. The number of hydrogen-bond donors (Lipinski definition) is 1. The summed E-state index contributed by atoms with van der Waals surface area (Å²) >= 11 is 10.1. The van der Waals surface area contributed by atoms with Gasteiger partial charge in [0.1, 0.15) is 22.3 Å². The highest BCUT2D eigenvalue weighted by molar-refractivity contribution is 8.33. The highest BCUT2D eigenvalue weighted by Gasteiger charge is 2.59. The van der Waals surface area contributed by atoms with Crippen LogP contribution in [0.5, 0.6) is 0 Å². The van der Waals surface area contributed by atoms with E-state index in [4.69, 9.17) is 198 Å². The summed E-state index contributed by atoms with van der Waals surface area (Å²) in [4.78, 5) is 2.40. The number of benzene rings is 16. The Morgan fingerprint density at radius 3 is 1.02 bits per heavy atom. The molecule has 0 aliphatic carbocycles. The van der Waals surface area contributed by atoms with Crippen LogP contribution in [0.3, 0.4) is 0 Å². The fourth-order valence-electron chi connectivity index (χ4n) is 22.7. The Bertz CT molecular complexity index is 8360. The summed E-state index contributed by atoms with van der Waals surface area (Å²) < 4.78 is 22.2. The van der Waals surface area contributed by atoms with Gasteiger partial charge in [0.25, 0.3) is 0 Å². The second-order valence-electron chi connectivity index (χ2n) is 38.6. The molecule has 0 atom stereocenters. The van der Waals surface area contributed by atoms with Gasteiger partial charge in [-0.15, -0.1) is 22.7 Å². The van der Waals surface area contributed by atoms with Gasteiger partial charge in [0.15, 0.2) is 0 Å². The first-order valence-electron chi connectivity index (χ1n) is 49.5. The average Bonchev–Trinajstić information content (AvgIpc) is 1.50. The maximum atomic E-state index is 6.75. The summed E-state index contributed by atoms with van der Waals surface area (Å²) in [5, 5.41) is 18.9. The van der Waals surface area contributed by atoms with Crippen LogP contribution in [0.2, 0.25) is 5.02 Å². The molecule has 6 aromatic heterocycles. The molecule has 628 valence electrons. The first kappa shape index (κ1) is 107. The molecule has 16 aromatic carbocycles. The van der Waals surface area contributed by atoms with Gasteiger partial charge < -0.3 is 28.2 Å². The zero-order valence-electron chi connectivity index (χ0n) is 81.9. The summed E-state index contributed by atoms with van der Waals surface area (Å²) in [5.74, 6) is 0. The number of hydrogen-bond acceptors (Lipinski definition) is 6. The van der Waals surface area contributed by atoms with Gasteiger partial charge in [0.05, 0.1) is 51.6 Å². The maximum Gasteiger partial charge on any atom is 0.137 e. The molecular formula is C96H61B44ClN4O2S2. The lowest BCUT2D eigenvalue weighted by Gasteiger charge is -2.55. The highest BCUT2D eigenvalue weighted by atomic mass is 35.5. The van der Waals surface area contributed by atoms with E-state index in [1.807, 2.05) is 53.8 Å². The first-order chi connectivity index (χ1) is 71.9. The Kier molecular flexibility index (Phi) is 33.7. The van der Waals surface area contributed by atoms with E-state index in [-0.39, 0.29) is 0 Å². The van der Waals surface area contributed by atoms with Gasteiger partial charge in [0.2, 0.25) is 0 Å². The van der Waals surface area contributed by atoms with Crippen molar-refractivity contribution >= 4 is 503 Å². The molecule has 0 bridgehead atoms. The monoisotopic (exact) mass is 1880 g/mol. The quantitative estimate of drug-likeness (QED) is 0.0475. The standard InChI is InChI=1S/C48H30N2OS.C28H19NO.C20H12ClNS.B44/c1-2-14-33(15-3-1)50-42-21-8-6-18-40(42)48-46(50)41-20-11-22-43(47(41)52-48)49(35-28-29-39-38-17-7-9-23-44(38)51-45(39)30-35)34-26-24-32(25-27-34)37-19-10-13-31-12-4-5-16-36(31)37;1-2-8-23-19(6-1)7-5-10-24(23)20-12-14-21(15-13-20)29-22-16-17-26-25-9-3-4-11-27(25)30-28(26)18-22;21-16-11-6-10-15-18-20(23-19(15)16)14-9-4-5-12-17(14)22(18)13-7-2-1-3-8-13;1-24(2)35(23)41(36(25(3)4)26(5)6)44(42(37(27(7)8)28(9)10)38(29(11)12)30(13)14)43(39(31(15)16)32(17)18)40(33(19)20)34(21)22/h1-30H;1-18,29H;1-12H;. The van der Waals surface area contributed by atoms with Gasteiger partial charge in [-0.2, -0.15) is 0 Å². The molecule has 0 saturated heterocycles. The molecule has 0 spiro atoms. The number of fused-ring (bicyclic) bond motifs is 18. The molecule has 0 aliphatic heterocycles. The van der Waals surface area contributed by atoms with Crippen molar-refractivity contribution < 1.29 is 8.83 Å². The number of halogens is 1. The molecule has 22 aromatic rings. The smallest absolute Gasteiger partial charge is 0.137 e. The molecule has 0 aliphatic rings. The number of anilines is 5. The van der Waals surface area contributed by atoms with Crippen LogP contribution in [0.25, 0.3) is 161 Å². The molecule has 0 amide bonds. The lowest BCUT2D eigenvalue weighted by Crippen LogP contribution is -2.93. The minimum absolute atomic E-state index is 0.826. The molecule has 0 saturated carbocycles. The number of aromatic nitrogens is 2. The fraction of sp³-hybridized carbons (Fsp3) is 0. The lowest BCUT2D eigenvalue weighted by atomic mass is 8.26. The van der Waals surface area contributed by atoms with Crippen molar-refractivity contribution in [3.05, 3.63) is 369 Å². The average molecular weight is 1880 g/mol. The minimum Gasteiger partial charge on any atom is -0.456 e. The minimum atomic E-state index is -1.27. The van der Waals surface area contributed by atoms with E-state index in [1.165, 1.54) is 107 Å². The van der Waals surface area contributed by atoms with Crippen molar-refractivity contribution in [1.29, 1.82) is 0 Å². The summed E-state index contributed by atoms with van der Waals surface area (Å²) in [6.07, 6.45) is -25.3. The maximum absolute atomic E-state index is 6.75. The Morgan fingerprint density at radius 2 is 0.570 bits per heavy atom. The lowest BCUT2D eigenvalue weighted by molar-refractivity contribution is 0.668. The number of nitrogens with one attached hydrogen (secondary N) is 1. The Balaban J connectivity index is 0.000000130. The number of rotatable bonds is 29. The van der Waals surface area contributed by atoms with Crippen molar-refractivity contribution in [1.82, 2.24) is 9.13 Å². The zero-order valence-corrected chi connectivity index (χ0v) is 84.3. The van der Waals surface area contributed by atoms with Crippen LogP contribution in [0.4, 0.5) is 28.4 Å². The van der Waals surface area contributed by atoms with Gasteiger partial charge in [0, 0.05) is 401 Å². The van der Waals surface area contributed by atoms with Crippen LogP contribution in [-0.4, -0.2) is 321 Å². The van der Waals surface area contributed by atoms with E-state index in [9.17, 15) is 0 Å². The molecule has 0 fully saturated rings. The van der Waals surface area contributed by atoms with E-state index < -0.39 is 134 Å². The summed E-state index contributed by atoms with van der Waals surface area (Å²) in [7, 11) is 145. The largest absolute Gasteiger partial charge is 0.456 e. The second-order valence-corrected chi connectivity index (χ2v) is 41.0. The highest BCUT2D eigenvalue weighted by Crippen LogP contribution is 2.51. The van der Waals surface area contributed by atoms with Crippen LogP contribution in [-0.2, 0) is 0 Å². The van der Waals surface area contributed by atoms with E-state index in [0.717, 1.165) is 87.7 Å². The van der Waals surface area contributed by atoms with Crippen molar-refractivity contribution in [2.24, 2.45) is 0 Å². The Morgan fingerprint density at radius 1 is 0.242 bits per heavy atom. The number of furan rings is 2. The predicted octanol–water partition coefficient (Wildman–Crippen LogP) is 12.2. The number of nitrogens with zero attached hydrogens (tertiary/aromatic N) is 3. The van der Waals surface area contributed by atoms with Crippen molar-refractivity contribution in [2.45, 2.75) is 0 Å². The van der Waals surface area contributed by atoms with Gasteiger partial charge in [-0.1, -0.05) is 254 Å². The van der Waals surface area contributed by atoms with Gasteiger partial charge in [-0.05, 0) is 153 Å². The normalized spacial score (nSPS) is 11.1. The topological polar surface area (TPSA) is 51.4 Å². The third-order valence-corrected chi connectivity index (χ3v) is 32.1. The third kappa shape index (κ3) is 21.8. The summed E-state index contributed by atoms with van der Waals surface area (Å²) in [6, 6.07) is 129. The van der Waals surface area contributed by atoms with Gasteiger partial charge in [-0.3, -0.25) is 0 Å². The van der Waals surface area contributed by atoms with Crippen LogP contribution >= 0.6 is 34.3 Å². The van der Waals surface area contributed by atoms with Crippen LogP contribution in [0, 0.1) is 0 Å². The van der Waals surface area contributed by atoms with Gasteiger partial charge in [-0.25, -0.2) is 0 Å². The number of para-hydroxylation sites is 6. The molecular weight excluding hydrogens is 1820 g/mol. The predicted molar refractivity (Wildman–Crippen MR) is 702 cm³/mol. The fourth-order valence-corrected chi connectivity index (χ4v) is 25.6. The summed E-state index contributed by atoms with van der Waals surface area (Å²) in [5.41, 5.74) is 21.1. The van der Waals surface area contributed by atoms with Crippen LogP contribution < -0.4 is 10.2 Å². The molecule has 22 rings (SSSR count). The van der Waals surface area contributed by atoms with Crippen LogP contribution in [0.1, 0.15) is 0 Å².